The van der Waals surface area contributed by atoms with Crippen LogP contribution >= 0.6 is 27.3 Å². The first-order chi connectivity index (χ1) is 8.06. The van der Waals surface area contributed by atoms with Gasteiger partial charge in [-0.15, -0.1) is 11.3 Å². The fourth-order valence-electron chi connectivity index (χ4n) is 1.89. The third-order valence-corrected chi connectivity index (χ3v) is 4.48. The van der Waals surface area contributed by atoms with E-state index >= 15 is 0 Å². The molecule has 2 aromatic rings. The van der Waals surface area contributed by atoms with Crippen molar-refractivity contribution in [1.82, 2.24) is 0 Å². The Balaban J connectivity index is 2.18. The number of benzene rings is 1. The standard InChI is InChI=1S/C14H16BrNS/c1-9-3-4-10(2)11(5-9)6-13(16)12-7-14(15)17-8-12/h3-5,7-8,13H,6,16H2,1-2H3. The molecule has 0 aliphatic heterocycles. The summed E-state index contributed by atoms with van der Waals surface area (Å²) in [5, 5.41) is 2.12. The van der Waals surface area contributed by atoms with Crippen molar-refractivity contribution in [3.05, 3.63) is 55.7 Å². The van der Waals surface area contributed by atoms with Gasteiger partial charge in [-0.05, 0) is 64.3 Å². The molecule has 2 rings (SSSR count). The van der Waals surface area contributed by atoms with Gasteiger partial charge >= 0.3 is 0 Å². The third-order valence-electron chi connectivity index (χ3n) is 2.96. The normalized spacial score (nSPS) is 12.7. The van der Waals surface area contributed by atoms with Gasteiger partial charge in [-0.3, -0.25) is 0 Å². The Morgan fingerprint density at radius 2 is 2.06 bits per heavy atom. The van der Waals surface area contributed by atoms with E-state index in [0.717, 1.165) is 10.2 Å². The van der Waals surface area contributed by atoms with Crippen molar-refractivity contribution in [2.45, 2.75) is 26.3 Å². The maximum atomic E-state index is 6.25. The van der Waals surface area contributed by atoms with Gasteiger partial charge in [0.15, 0.2) is 0 Å². The molecule has 0 aliphatic carbocycles. The van der Waals surface area contributed by atoms with E-state index in [-0.39, 0.29) is 6.04 Å². The predicted octanol–water partition coefficient (Wildman–Crippen LogP) is 4.37. The van der Waals surface area contributed by atoms with Gasteiger partial charge in [0.25, 0.3) is 0 Å². The number of halogens is 1. The largest absolute Gasteiger partial charge is 0.324 e. The van der Waals surface area contributed by atoms with Crippen LogP contribution in [0.25, 0.3) is 0 Å². The van der Waals surface area contributed by atoms with Crippen LogP contribution in [0.2, 0.25) is 0 Å². The lowest BCUT2D eigenvalue weighted by atomic mass is 9.97. The number of hydrogen-bond acceptors (Lipinski definition) is 2. The minimum atomic E-state index is 0.0815. The number of thiophene rings is 1. The Morgan fingerprint density at radius 1 is 1.29 bits per heavy atom. The van der Waals surface area contributed by atoms with Crippen molar-refractivity contribution >= 4 is 27.3 Å². The molecular weight excluding hydrogens is 294 g/mol. The van der Waals surface area contributed by atoms with Gasteiger partial charge in [-0.2, -0.15) is 0 Å². The van der Waals surface area contributed by atoms with Crippen LogP contribution in [0.5, 0.6) is 0 Å². The lowest BCUT2D eigenvalue weighted by molar-refractivity contribution is 0.721. The topological polar surface area (TPSA) is 26.0 Å². The zero-order chi connectivity index (χ0) is 12.4. The van der Waals surface area contributed by atoms with E-state index in [9.17, 15) is 0 Å². The van der Waals surface area contributed by atoms with Crippen LogP contribution in [0.4, 0.5) is 0 Å². The van der Waals surface area contributed by atoms with Crippen molar-refractivity contribution in [2.24, 2.45) is 5.73 Å². The van der Waals surface area contributed by atoms with Crippen LogP contribution in [0.3, 0.4) is 0 Å². The molecule has 2 N–H and O–H groups in total. The van der Waals surface area contributed by atoms with Crippen LogP contribution in [-0.2, 0) is 6.42 Å². The van der Waals surface area contributed by atoms with E-state index < -0.39 is 0 Å². The fourth-order valence-corrected chi connectivity index (χ4v) is 3.13. The summed E-state index contributed by atoms with van der Waals surface area (Å²) < 4.78 is 1.14. The van der Waals surface area contributed by atoms with Crippen LogP contribution in [0.1, 0.15) is 28.3 Å². The molecule has 0 spiro atoms. The summed E-state index contributed by atoms with van der Waals surface area (Å²) >= 11 is 5.16. The highest BCUT2D eigenvalue weighted by molar-refractivity contribution is 9.11. The molecule has 0 bridgehead atoms. The van der Waals surface area contributed by atoms with Crippen LogP contribution in [0.15, 0.2) is 33.4 Å². The maximum Gasteiger partial charge on any atom is 0.0701 e. The molecule has 17 heavy (non-hydrogen) atoms. The first kappa shape index (κ1) is 12.8. The minimum Gasteiger partial charge on any atom is -0.324 e. The highest BCUT2D eigenvalue weighted by atomic mass is 79.9. The Labute approximate surface area is 115 Å². The van der Waals surface area contributed by atoms with E-state index in [0.29, 0.717) is 0 Å². The number of nitrogens with two attached hydrogens (primary N) is 1. The molecule has 0 fully saturated rings. The summed E-state index contributed by atoms with van der Waals surface area (Å²) in [6.07, 6.45) is 0.899. The average molecular weight is 310 g/mol. The lowest BCUT2D eigenvalue weighted by Crippen LogP contribution is -2.13. The van der Waals surface area contributed by atoms with E-state index in [1.54, 1.807) is 11.3 Å². The van der Waals surface area contributed by atoms with Gasteiger partial charge in [-0.1, -0.05) is 23.8 Å². The Morgan fingerprint density at radius 3 is 2.71 bits per heavy atom. The van der Waals surface area contributed by atoms with Crippen LogP contribution in [-0.4, -0.2) is 0 Å². The summed E-state index contributed by atoms with van der Waals surface area (Å²) in [6, 6.07) is 8.74. The van der Waals surface area contributed by atoms with Gasteiger partial charge in [0.05, 0.1) is 3.79 Å². The van der Waals surface area contributed by atoms with Crippen molar-refractivity contribution in [2.75, 3.05) is 0 Å². The number of rotatable bonds is 3. The first-order valence-corrected chi connectivity index (χ1v) is 7.29. The van der Waals surface area contributed by atoms with E-state index in [2.05, 4.69) is 59.4 Å². The molecule has 90 valence electrons. The average Bonchev–Trinajstić information content (AvgIpc) is 2.70. The molecule has 1 aromatic heterocycles. The molecule has 0 saturated carbocycles. The second-order valence-electron chi connectivity index (χ2n) is 4.42. The van der Waals surface area contributed by atoms with E-state index in [4.69, 9.17) is 5.73 Å². The molecule has 1 aromatic carbocycles. The van der Waals surface area contributed by atoms with Gasteiger partial charge in [0, 0.05) is 6.04 Å². The number of hydrogen-bond donors (Lipinski definition) is 1. The first-order valence-electron chi connectivity index (χ1n) is 5.62. The van der Waals surface area contributed by atoms with E-state index in [1.807, 2.05) is 0 Å². The molecule has 0 aliphatic rings. The smallest absolute Gasteiger partial charge is 0.0701 e. The quantitative estimate of drug-likeness (QED) is 0.895. The zero-order valence-electron chi connectivity index (χ0n) is 10.0. The molecule has 0 saturated heterocycles. The molecular formula is C14H16BrNS. The summed E-state index contributed by atoms with van der Waals surface area (Å²) in [7, 11) is 0. The third kappa shape index (κ3) is 3.18. The van der Waals surface area contributed by atoms with Crippen molar-refractivity contribution < 1.29 is 0 Å². The van der Waals surface area contributed by atoms with Crippen molar-refractivity contribution in [1.29, 1.82) is 0 Å². The predicted molar refractivity (Wildman–Crippen MR) is 78.6 cm³/mol. The van der Waals surface area contributed by atoms with Crippen molar-refractivity contribution in [3.63, 3.8) is 0 Å². The highest BCUT2D eigenvalue weighted by Crippen LogP contribution is 2.26. The fraction of sp³-hybridized carbons (Fsp3) is 0.286. The summed E-state index contributed by atoms with van der Waals surface area (Å²) in [4.78, 5) is 0. The molecule has 1 atom stereocenters. The second-order valence-corrected chi connectivity index (χ2v) is 6.72. The SMILES string of the molecule is Cc1ccc(C)c(CC(N)c2csc(Br)c2)c1. The molecule has 1 heterocycles. The zero-order valence-corrected chi connectivity index (χ0v) is 12.4. The lowest BCUT2D eigenvalue weighted by Gasteiger charge is -2.13. The number of aryl methyl sites for hydroxylation is 2. The second kappa shape index (κ2) is 5.34. The molecule has 1 unspecified atom stereocenters. The molecule has 1 nitrogen and oxygen atoms in total. The minimum absolute atomic E-state index is 0.0815. The summed E-state index contributed by atoms with van der Waals surface area (Å²) in [6.45, 7) is 4.26. The van der Waals surface area contributed by atoms with Crippen LogP contribution < -0.4 is 5.73 Å². The summed E-state index contributed by atoms with van der Waals surface area (Å²) in [5.41, 5.74) is 11.4. The van der Waals surface area contributed by atoms with E-state index in [1.165, 1.54) is 22.3 Å². The molecule has 0 radical (unpaired) electrons. The Hall–Kier alpha value is -0.640. The van der Waals surface area contributed by atoms with Gasteiger partial charge in [-0.25, -0.2) is 0 Å². The van der Waals surface area contributed by atoms with Crippen LogP contribution in [0, 0.1) is 13.8 Å². The Bertz CT molecular complexity index is 519. The van der Waals surface area contributed by atoms with Gasteiger partial charge in [0.2, 0.25) is 0 Å². The summed E-state index contributed by atoms with van der Waals surface area (Å²) in [5.74, 6) is 0. The monoisotopic (exact) mass is 309 g/mol. The molecule has 3 heteroatoms. The van der Waals surface area contributed by atoms with Gasteiger partial charge in [0.1, 0.15) is 0 Å². The Kier molecular flexibility index (Phi) is 4.02. The molecule has 0 amide bonds. The highest BCUT2D eigenvalue weighted by Gasteiger charge is 2.10. The van der Waals surface area contributed by atoms with Crippen molar-refractivity contribution in [3.8, 4) is 0 Å². The maximum absolute atomic E-state index is 6.25. The van der Waals surface area contributed by atoms with Gasteiger partial charge < -0.3 is 5.73 Å².